The van der Waals surface area contributed by atoms with Gasteiger partial charge in [0.15, 0.2) is 0 Å². The molecule has 4 nitrogen and oxygen atoms in total. The number of rotatable bonds is 5. The van der Waals surface area contributed by atoms with Crippen molar-refractivity contribution in [1.29, 1.82) is 0 Å². The Labute approximate surface area is 130 Å². The summed E-state index contributed by atoms with van der Waals surface area (Å²) in [5.74, 6) is -0.0857. The standard InChI is InChI=1S/C18H20N2O2/c1-3-17(21)19-16-11-9-15(10-12-16)18(22)20(2)13-14-7-5-4-6-8-14/h4-12H,3,13H2,1-2H3,(H,19,21). The molecule has 2 rings (SSSR count). The van der Waals surface area contributed by atoms with Gasteiger partial charge >= 0.3 is 0 Å². The Morgan fingerprint density at radius 2 is 1.64 bits per heavy atom. The third-order valence-corrected chi connectivity index (χ3v) is 3.35. The summed E-state index contributed by atoms with van der Waals surface area (Å²) in [7, 11) is 1.78. The second kappa shape index (κ2) is 7.41. The molecule has 114 valence electrons. The summed E-state index contributed by atoms with van der Waals surface area (Å²) in [4.78, 5) is 25.4. The van der Waals surface area contributed by atoms with Gasteiger partial charge in [0.05, 0.1) is 0 Å². The minimum absolute atomic E-state index is 0.0414. The van der Waals surface area contributed by atoms with Crippen LogP contribution in [0.3, 0.4) is 0 Å². The molecule has 0 saturated carbocycles. The van der Waals surface area contributed by atoms with Gasteiger partial charge in [-0.1, -0.05) is 37.3 Å². The van der Waals surface area contributed by atoms with E-state index in [2.05, 4.69) is 5.32 Å². The lowest BCUT2D eigenvalue weighted by Gasteiger charge is -2.17. The van der Waals surface area contributed by atoms with Crippen LogP contribution in [-0.4, -0.2) is 23.8 Å². The molecule has 0 aliphatic heterocycles. The Morgan fingerprint density at radius 1 is 1.00 bits per heavy atom. The highest BCUT2D eigenvalue weighted by Gasteiger charge is 2.12. The first kappa shape index (κ1) is 15.8. The molecule has 0 fully saturated rings. The van der Waals surface area contributed by atoms with E-state index in [9.17, 15) is 9.59 Å². The largest absolute Gasteiger partial charge is 0.337 e. The van der Waals surface area contributed by atoms with Gasteiger partial charge < -0.3 is 10.2 Å². The van der Waals surface area contributed by atoms with Gasteiger partial charge in [0.2, 0.25) is 5.91 Å². The van der Waals surface area contributed by atoms with Crippen LogP contribution in [0.4, 0.5) is 5.69 Å². The van der Waals surface area contributed by atoms with Crippen molar-refractivity contribution in [3.63, 3.8) is 0 Å². The summed E-state index contributed by atoms with van der Waals surface area (Å²) in [6, 6.07) is 16.8. The van der Waals surface area contributed by atoms with Gasteiger partial charge in [0.1, 0.15) is 0 Å². The van der Waals surface area contributed by atoms with E-state index in [1.807, 2.05) is 30.3 Å². The van der Waals surface area contributed by atoms with Crippen LogP contribution in [0, 0.1) is 0 Å². The molecule has 22 heavy (non-hydrogen) atoms. The number of benzene rings is 2. The van der Waals surface area contributed by atoms with Crippen LogP contribution in [-0.2, 0) is 11.3 Å². The Hall–Kier alpha value is -2.62. The summed E-state index contributed by atoms with van der Waals surface area (Å²) in [6.45, 7) is 2.36. The van der Waals surface area contributed by atoms with Crippen molar-refractivity contribution >= 4 is 17.5 Å². The first-order valence-electron chi connectivity index (χ1n) is 7.29. The lowest BCUT2D eigenvalue weighted by Crippen LogP contribution is -2.26. The van der Waals surface area contributed by atoms with Gasteiger partial charge in [-0.3, -0.25) is 9.59 Å². The fourth-order valence-electron chi connectivity index (χ4n) is 2.09. The normalized spacial score (nSPS) is 10.1. The van der Waals surface area contributed by atoms with Crippen LogP contribution < -0.4 is 5.32 Å². The predicted molar refractivity (Wildman–Crippen MR) is 87.6 cm³/mol. The number of hydrogen-bond acceptors (Lipinski definition) is 2. The zero-order chi connectivity index (χ0) is 15.9. The van der Waals surface area contributed by atoms with Crippen LogP contribution in [0.1, 0.15) is 29.3 Å². The molecule has 0 unspecified atom stereocenters. The Morgan fingerprint density at radius 3 is 2.23 bits per heavy atom. The summed E-state index contributed by atoms with van der Waals surface area (Å²) < 4.78 is 0. The summed E-state index contributed by atoms with van der Waals surface area (Å²) >= 11 is 0. The molecule has 0 spiro atoms. The maximum atomic E-state index is 12.4. The number of carbonyl (C=O) groups excluding carboxylic acids is 2. The quantitative estimate of drug-likeness (QED) is 0.920. The number of hydrogen-bond donors (Lipinski definition) is 1. The van der Waals surface area contributed by atoms with E-state index in [4.69, 9.17) is 0 Å². The highest BCUT2D eigenvalue weighted by molar-refractivity contribution is 5.95. The van der Waals surface area contributed by atoms with Crippen LogP contribution in [0.25, 0.3) is 0 Å². The maximum absolute atomic E-state index is 12.4. The van der Waals surface area contributed by atoms with Crippen LogP contribution >= 0.6 is 0 Å². The SMILES string of the molecule is CCC(=O)Nc1ccc(C(=O)N(C)Cc2ccccc2)cc1. The fraction of sp³-hybridized carbons (Fsp3) is 0.222. The molecular weight excluding hydrogens is 276 g/mol. The molecule has 0 saturated heterocycles. The van der Waals surface area contributed by atoms with Gasteiger partial charge in [0.25, 0.3) is 5.91 Å². The number of nitrogens with zero attached hydrogens (tertiary/aromatic N) is 1. The third kappa shape index (κ3) is 4.19. The highest BCUT2D eigenvalue weighted by Crippen LogP contribution is 2.13. The van der Waals surface area contributed by atoms with Crippen molar-refractivity contribution in [3.05, 3.63) is 65.7 Å². The van der Waals surface area contributed by atoms with E-state index < -0.39 is 0 Å². The number of anilines is 1. The van der Waals surface area contributed by atoms with Gasteiger partial charge in [-0.05, 0) is 29.8 Å². The molecule has 1 N–H and O–H groups in total. The van der Waals surface area contributed by atoms with E-state index in [-0.39, 0.29) is 11.8 Å². The minimum atomic E-state index is -0.0442. The highest BCUT2D eigenvalue weighted by atomic mass is 16.2. The third-order valence-electron chi connectivity index (χ3n) is 3.35. The minimum Gasteiger partial charge on any atom is -0.337 e. The molecule has 2 aromatic rings. The molecule has 0 radical (unpaired) electrons. The Kier molecular flexibility index (Phi) is 5.31. The van der Waals surface area contributed by atoms with E-state index >= 15 is 0 Å². The summed E-state index contributed by atoms with van der Waals surface area (Å²) in [5.41, 5.74) is 2.40. The van der Waals surface area contributed by atoms with E-state index in [1.54, 1.807) is 43.1 Å². The monoisotopic (exact) mass is 296 g/mol. The number of nitrogens with one attached hydrogen (secondary N) is 1. The zero-order valence-electron chi connectivity index (χ0n) is 12.9. The molecule has 4 heteroatoms. The van der Waals surface area contributed by atoms with E-state index in [0.29, 0.717) is 24.2 Å². The smallest absolute Gasteiger partial charge is 0.253 e. The average molecular weight is 296 g/mol. The lowest BCUT2D eigenvalue weighted by molar-refractivity contribution is -0.115. The van der Waals surface area contributed by atoms with Gasteiger partial charge in [-0.15, -0.1) is 0 Å². The van der Waals surface area contributed by atoms with Gasteiger partial charge in [0, 0.05) is 31.3 Å². The first-order valence-corrected chi connectivity index (χ1v) is 7.29. The maximum Gasteiger partial charge on any atom is 0.253 e. The summed E-state index contributed by atoms with van der Waals surface area (Å²) in [6.07, 6.45) is 0.431. The lowest BCUT2D eigenvalue weighted by atomic mass is 10.1. The van der Waals surface area contributed by atoms with Crippen LogP contribution in [0.5, 0.6) is 0 Å². The fourth-order valence-corrected chi connectivity index (χ4v) is 2.09. The second-order valence-electron chi connectivity index (χ2n) is 5.13. The molecule has 0 aliphatic rings. The topological polar surface area (TPSA) is 49.4 Å². The average Bonchev–Trinajstić information content (AvgIpc) is 2.55. The molecule has 2 aromatic carbocycles. The first-order chi connectivity index (χ1) is 10.6. The predicted octanol–water partition coefficient (Wildman–Crippen LogP) is 3.31. The molecule has 2 amide bonds. The molecule has 0 heterocycles. The summed E-state index contributed by atoms with van der Waals surface area (Å²) in [5, 5.41) is 2.76. The van der Waals surface area contributed by atoms with Crippen molar-refractivity contribution in [1.82, 2.24) is 4.90 Å². The van der Waals surface area contributed by atoms with Gasteiger partial charge in [-0.25, -0.2) is 0 Å². The van der Waals surface area contributed by atoms with Crippen LogP contribution in [0.15, 0.2) is 54.6 Å². The Bertz CT molecular complexity index is 636. The van der Waals surface area contributed by atoms with E-state index in [1.165, 1.54) is 0 Å². The van der Waals surface area contributed by atoms with Crippen molar-refractivity contribution in [2.24, 2.45) is 0 Å². The molecule has 0 atom stereocenters. The van der Waals surface area contributed by atoms with Crippen molar-refractivity contribution in [2.45, 2.75) is 19.9 Å². The van der Waals surface area contributed by atoms with Crippen LogP contribution in [0.2, 0.25) is 0 Å². The Balaban J connectivity index is 2.01. The van der Waals surface area contributed by atoms with Crippen molar-refractivity contribution in [2.75, 3.05) is 12.4 Å². The van der Waals surface area contributed by atoms with Crippen molar-refractivity contribution < 1.29 is 9.59 Å². The van der Waals surface area contributed by atoms with Crippen molar-refractivity contribution in [3.8, 4) is 0 Å². The molecule has 0 aliphatic carbocycles. The number of carbonyl (C=O) groups is 2. The second-order valence-corrected chi connectivity index (χ2v) is 5.13. The van der Waals surface area contributed by atoms with Gasteiger partial charge in [-0.2, -0.15) is 0 Å². The molecule has 0 aromatic heterocycles. The molecule has 0 bridgehead atoms. The zero-order valence-corrected chi connectivity index (χ0v) is 12.9. The molecular formula is C18H20N2O2. The van der Waals surface area contributed by atoms with E-state index in [0.717, 1.165) is 5.56 Å². The number of amides is 2.